The lowest BCUT2D eigenvalue weighted by molar-refractivity contribution is 0.453. The first-order valence-electron chi connectivity index (χ1n) is 5.33. The van der Waals surface area contributed by atoms with Crippen molar-refractivity contribution in [1.82, 2.24) is 10.1 Å². The molecule has 3 rings (SSSR count). The number of pyridine rings is 1. The lowest BCUT2D eigenvalue weighted by Crippen LogP contribution is -1.86. The fourth-order valence-corrected chi connectivity index (χ4v) is 1.73. The van der Waals surface area contributed by atoms with Gasteiger partial charge in [-0.25, -0.2) is 4.98 Å². The molecule has 2 aromatic heterocycles. The predicted octanol–water partition coefficient (Wildman–Crippen LogP) is 2.78. The van der Waals surface area contributed by atoms with Crippen LogP contribution < -0.4 is 5.73 Å². The average molecular weight is 225 g/mol. The zero-order valence-electron chi connectivity index (χ0n) is 9.34. The average Bonchev–Trinajstić information content (AvgIpc) is 2.72. The van der Waals surface area contributed by atoms with Gasteiger partial charge < -0.3 is 10.3 Å². The number of fused-ring (bicyclic) bond motifs is 1. The van der Waals surface area contributed by atoms with E-state index in [1.807, 2.05) is 24.3 Å². The molecule has 0 spiro atoms. The van der Waals surface area contributed by atoms with Crippen LogP contribution in [0.1, 0.15) is 5.56 Å². The van der Waals surface area contributed by atoms with E-state index in [1.165, 1.54) is 5.56 Å². The molecule has 3 aromatic rings. The fourth-order valence-electron chi connectivity index (χ4n) is 1.73. The van der Waals surface area contributed by atoms with Crippen molar-refractivity contribution in [2.75, 3.05) is 5.73 Å². The summed E-state index contributed by atoms with van der Waals surface area (Å²) in [5, 5.41) is 4.44. The predicted molar refractivity (Wildman–Crippen MR) is 66.4 cm³/mol. The van der Waals surface area contributed by atoms with Crippen molar-refractivity contribution in [2.45, 2.75) is 6.92 Å². The van der Waals surface area contributed by atoms with Gasteiger partial charge in [-0.05, 0) is 19.1 Å². The van der Waals surface area contributed by atoms with Gasteiger partial charge in [0.15, 0.2) is 5.82 Å². The van der Waals surface area contributed by atoms with Gasteiger partial charge in [0.05, 0.1) is 11.1 Å². The van der Waals surface area contributed by atoms with Gasteiger partial charge in [0, 0.05) is 5.56 Å². The summed E-state index contributed by atoms with van der Waals surface area (Å²) in [5.74, 6) is 0.378. The molecule has 0 fully saturated rings. The van der Waals surface area contributed by atoms with Crippen LogP contribution in [0.2, 0.25) is 0 Å². The Morgan fingerprint density at radius 3 is 2.59 bits per heavy atom. The molecule has 1 aromatic carbocycles. The molecule has 2 heterocycles. The van der Waals surface area contributed by atoms with Gasteiger partial charge in [-0.15, -0.1) is 0 Å². The number of aromatic nitrogens is 2. The highest BCUT2D eigenvalue weighted by molar-refractivity contribution is 5.85. The Hall–Kier alpha value is -2.36. The van der Waals surface area contributed by atoms with E-state index in [1.54, 1.807) is 0 Å². The Balaban J connectivity index is 2.14. The molecule has 0 radical (unpaired) electrons. The standard InChI is InChI=1S/C13H11N3O/c1-8-2-4-9(5-3-8)11-7-6-10-12(14)16-17-13(10)15-11/h2-7H,1H3,(H2,14,16). The van der Waals surface area contributed by atoms with Crippen LogP contribution in [-0.4, -0.2) is 10.1 Å². The summed E-state index contributed by atoms with van der Waals surface area (Å²) in [6.07, 6.45) is 0. The summed E-state index contributed by atoms with van der Waals surface area (Å²) in [5.41, 5.74) is 9.24. The highest BCUT2D eigenvalue weighted by atomic mass is 16.5. The van der Waals surface area contributed by atoms with Crippen LogP contribution in [0, 0.1) is 6.92 Å². The molecule has 17 heavy (non-hydrogen) atoms. The van der Waals surface area contributed by atoms with Gasteiger partial charge in [0.25, 0.3) is 5.71 Å². The molecule has 4 heteroatoms. The van der Waals surface area contributed by atoms with Gasteiger partial charge in [0.2, 0.25) is 0 Å². The zero-order valence-corrected chi connectivity index (χ0v) is 9.34. The fraction of sp³-hybridized carbons (Fsp3) is 0.0769. The van der Waals surface area contributed by atoms with Crippen molar-refractivity contribution >= 4 is 16.9 Å². The van der Waals surface area contributed by atoms with Crippen molar-refractivity contribution in [3.63, 3.8) is 0 Å². The highest BCUT2D eigenvalue weighted by Crippen LogP contribution is 2.23. The van der Waals surface area contributed by atoms with Crippen LogP contribution >= 0.6 is 0 Å². The first kappa shape index (κ1) is 9.84. The molecule has 0 amide bonds. The minimum Gasteiger partial charge on any atom is -0.380 e. The number of benzene rings is 1. The second-order valence-corrected chi connectivity index (χ2v) is 3.98. The number of aryl methyl sites for hydroxylation is 1. The first-order valence-corrected chi connectivity index (χ1v) is 5.33. The molecule has 0 aliphatic heterocycles. The third-order valence-electron chi connectivity index (χ3n) is 2.71. The quantitative estimate of drug-likeness (QED) is 0.691. The van der Waals surface area contributed by atoms with Crippen LogP contribution in [0.15, 0.2) is 40.9 Å². The van der Waals surface area contributed by atoms with Crippen LogP contribution in [0.5, 0.6) is 0 Å². The summed E-state index contributed by atoms with van der Waals surface area (Å²) in [7, 11) is 0. The summed E-state index contributed by atoms with van der Waals surface area (Å²) in [6.45, 7) is 2.05. The molecule has 0 unspecified atom stereocenters. The maximum Gasteiger partial charge on any atom is 0.260 e. The minimum atomic E-state index is 0.378. The lowest BCUT2D eigenvalue weighted by Gasteiger charge is -2.00. The summed E-state index contributed by atoms with van der Waals surface area (Å²) in [6, 6.07) is 12.0. The van der Waals surface area contributed by atoms with Crippen LogP contribution in [0.3, 0.4) is 0 Å². The largest absolute Gasteiger partial charge is 0.380 e. The SMILES string of the molecule is Cc1ccc(-c2ccc3c(N)noc3n2)cc1. The monoisotopic (exact) mass is 225 g/mol. The van der Waals surface area contributed by atoms with Gasteiger partial charge >= 0.3 is 0 Å². The molecule has 84 valence electrons. The number of hydrogen-bond donors (Lipinski definition) is 1. The summed E-state index contributed by atoms with van der Waals surface area (Å²) >= 11 is 0. The van der Waals surface area contributed by atoms with Crippen molar-refractivity contribution in [3.05, 3.63) is 42.0 Å². The first-order chi connectivity index (χ1) is 8.24. The molecule has 0 atom stereocenters. The van der Waals surface area contributed by atoms with Gasteiger partial charge in [-0.2, -0.15) is 0 Å². The second kappa shape index (κ2) is 3.59. The number of rotatable bonds is 1. The summed E-state index contributed by atoms with van der Waals surface area (Å²) < 4.78 is 5.05. The normalized spacial score (nSPS) is 10.9. The van der Waals surface area contributed by atoms with Crippen LogP contribution in [0.25, 0.3) is 22.4 Å². The van der Waals surface area contributed by atoms with E-state index in [0.717, 1.165) is 16.6 Å². The number of hydrogen-bond acceptors (Lipinski definition) is 4. The number of nitrogens with two attached hydrogens (primary N) is 1. The molecular weight excluding hydrogens is 214 g/mol. The molecular formula is C13H11N3O. The molecule has 0 saturated heterocycles. The van der Waals surface area contributed by atoms with Gasteiger partial charge in [-0.1, -0.05) is 35.0 Å². The molecule has 2 N–H and O–H groups in total. The van der Waals surface area contributed by atoms with Crippen molar-refractivity contribution in [2.24, 2.45) is 0 Å². The Bertz CT molecular complexity index is 671. The highest BCUT2D eigenvalue weighted by Gasteiger charge is 2.07. The molecule has 0 aliphatic carbocycles. The van der Waals surface area contributed by atoms with Crippen molar-refractivity contribution in [3.8, 4) is 11.3 Å². The Kier molecular flexibility index (Phi) is 2.08. The van der Waals surface area contributed by atoms with E-state index in [9.17, 15) is 0 Å². The third kappa shape index (κ3) is 1.63. The maximum atomic E-state index is 5.64. The van der Waals surface area contributed by atoms with E-state index in [0.29, 0.717) is 11.5 Å². The van der Waals surface area contributed by atoms with E-state index in [-0.39, 0.29) is 0 Å². The van der Waals surface area contributed by atoms with E-state index >= 15 is 0 Å². The number of nitrogens with zero attached hydrogens (tertiary/aromatic N) is 2. The maximum absolute atomic E-state index is 5.64. The van der Waals surface area contributed by atoms with Gasteiger partial charge in [-0.3, -0.25) is 0 Å². The third-order valence-corrected chi connectivity index (χ3v) is 2.71. The summed E-state index contributed by atoms with van der Waals surface area (Å²) in [4.78, 5) is 4.39. The van der Waals surface area contributed by atoms with Crippen molar-refractivity contribution in [1.29, 1.82) is 0 Å². The molecule has 0 bridgehead atoms. The van der Waals surface area contributed by atoms with E-state index < -0.39 is 0 Å². The van der Waals surface area contributed by atoms with E-state index in [2.05, 4.69) is 29.2 Å². The topological polar surface area (TPSA) is 64.9 Å². The lowest BCUT2D eigenvalue weighted by atomic mass is 10.1. The number of anilines is 1. The van der Waals surface area contributed by atoms with Crippen LogP contribution in [0.4, 0.5) is 5.82 Å². The second-order valence-electron chi connectivity index (χ2n) is 3.98. The molecule has 4 nitrogen and oxygen atoms in total. The smallest absolute Gasteiger partial charge is 0.260 e. The zero-order chi connectivity index (χ0) is 11.8. The molecule has 0 aliphatic rings. The van der Waals surface area contributed by atoms with Crippen LogP contribution in [-0.2, 0) is 0 Å². The minimum absolute atomic E-state index is 0.378. The van der Waals surface area contributed by atoms with Crippen molar-refractivity contribution < 1.29 is 4.52 Å². The Morgan fingerprint density at radius 1 is 1.06 bits per heavy atom. The Morgan fingerprint density at radius 2 is 1.82 bits per heavy atom. The Labute approximate surface area is 98.1 Å². The number of nitrogen functional groups attached to an aromatic ring is 1. The molecule has 0 saturated carbocycles. The van der Waals surface area contributed by atoms with Gasteiger partial charge in [0.1, 0.15) is 0 Å². The van der Waals surface area contributed by atoms with E-state index in [4.69, 9.17) is 10.3 Å².